The van der Waals surface area contributed by atoms with Crippen LogP contribution >= 0.6 is 0 Å². The van der Waals surface area contributed by atoms with E-state index in [2.05, 4.69) is 25.4 Å². The van der Waals surface area contributed by atoms with Gasteiger partial charge in [-0.2, -0.15) is 4.98 Å². The Bertz CT molecular complexity index is 480. The first kappa shape index (κ1) is 10.3. The van der Waals surface area contributed by atoms with Crippen molar-refractivity contribution in [3.05, 3.63) is 24.5 Å². The SMILES string of the molecule is c1cnc(-c2noc(C3COCCN3)n2)cn1. The Morgan fingerprint density at radius 3 is 3.12 bits per heavy atom. The van der Waals surface area contributed by atoms with Crippen molar-refractivity contribution < 1.29 is 9.26 Å². The molecular weight excluding hydrogens is 222 g/mol. The summed E-state index contributed by atoms with van der Waals surface area (Å²) in [7, 11) is 0. The molecule has 0 amide bonds. The molecular formula is C10H11N5O2. The zero-order valence-electron chi connectivity index (χ0n) is 9.04. The Morgan fingerprint density at radius 1 is 1.35 bits per heavy atom. The van der Waals surface area contributed by atoms with Crippen LogP contribution in [0.5, 0.6) is 0 Å². The van der Waals surface area contributed by atoms with Gasteiger partial charge in [-0.3, -0.25) is 4.98 Å². The minimum absolute atomic E-state index is 0.0401. The summed E-state index contributed by atoms with van der Waals surface area (Å²) in [5.74, 6) is 0.964. The molecule has 0 saturated carbocycles. The van der Waals surface area contributed by atoms with Crippen LogP contribution < -0.4 is 5.32 Å². The van der Waals surface area contributed by atoms with E-state index >= 15 is 0 Å². The number of ether oxygens (including phenoxy) is 1. The minimum atomic E-state index is -0.0401. The molecule has 0 aromatic carbocycles. The van der Waals surface area contributed by atoms with E-state index in [0.717, 1.165) is 6.54 Å². The second-order valence-electron chi connectivity index (χ2n) is 3.63. The van der Waals surface area contributed by atoms with Gasteiger partial charge in [0, 0.05) is 18.9 Å². The maximum absolute atomic E-state index is 5.33. The lowest BCUT2D eigenvalue weighted by molar-refractivity contribution is 0.0659. The Kier molecular flexibility index (Phi) is 2.76. The summed E-state index contributed by atoms with van der Waals surface area (Å²) in [6, 6.07) is -0.0401. The number of morpholine rings is 1. The highest BCUT2D eigenvalue weighted by molar-refractivity contribution is 5.45. The third kappa shape index (κ3) is 2.15. The number of nitrogens with zero attached hydrogens (tertiary/aromatic N) is 4. The average molecular weight is 233 g/mol. The molecule has 2 aromatic rings. The Hall–Kier alpha value is -1.86. The quantitative estimate of drug-likeness (QED) is 0.792. The van der Waals surface area contributed by atoms with Crippen LogP contribution in [0.1, 0.15) is 11.9 Å². The largest absolute Gasteiger partial charge is 0.378 e. The molecule has 1 unspecified atom stereocenters. The zero-order chi connectivity index (χ0) is 11.5. The summed E-state index contributed by atoms with van der Waals surface area (Å²) >= 11 is 0. The van der Waals surface area contributed by atoms with Crippen LogP contribution in [0.3, 0.4) is 0 Å². The van der Waals surface area contributed by atoms with Crippen LogP contribution in [0, 0.1) is 0 Å². The lowest BCUT2D eigenvalue weighted by atomic mass is 10.3. The normalized spacial score (nSPS) is 20.4. The van der Waals surface area contributed by atoms with Gasteiger partial charge in [0.2, 0.25) is 11.7 Å². The van der Waals surface area contributed by atoms with E-state index in [4.69, 9.17) is 9.26 Å². The van der Waals surface area contributed by atoms with E-state index in [1.165, 1.54) is 0 Å². The van der Waals surface area contributed by atoms with E-state index in [-0.39, 0.29) is 6.04 Å². The van der Waals surface area contributed by atoms with Crippen LogP contribution in [0.2, 0.25) is 0 Å². The van der Waals surface area contributed by atoms with E-state index in [1.807, 2.05) is 0 Å². The molecule has 1 N–H and O–H groups in total. The maximum Gasteiger partial charge on any atom is 0.246 e. The smallest absolute Gasteiger partial charge is 0.246 e. The lowest BCUT2D eigenvalue weighted by Gasteiger charge is -2.20. The summed E-state index contributed by atoms with van der Waals surface area (Å²) in [5.41, 5.74) is 0.597. The van der Waals surface area contributed by atoms with Crippen LogP contribution in [-0.2, 0) is 4.74 Å². The molecule has 1 fully saturated rings. The summed E-state index contributed by atoms with van der Waals surface area (Å²) in [6.07, 6.45) is 4.79. The molecule has 7 heteroatoms. The Labute approximate surface area is 97.2 Å². The molecule has 0 bridgehead atoms. The first-order chi connectivity index (χ1) is 8.43. The number of hydrogen-bond acceptors (Lipinski definition) is 7. The van der Waals surface area contributed by atoms with Gasteiger partial charge >= 0.3 is 0 Å². The summed E-state index contributed by atoms with van der Waals surface area (Å²) in [5, 5.41) is 7.12. The predicted octanol–water partition coefficient (Wildman–Crippen LogP) is 0.187. The number of nitrogens with one attached hydrogen (secondary N) is 1. The Morgan fingerprint density at radius 2 is 2.35 bits per heavy atom. The molecule has 3 rings (SSSR count). The molecule has 1 aliphatic rings. The number of rotatable bonds is 2. The van der Waals surface area contributed by atoms with E-state index in [9.17, 15) is 0 Å². The van der Waals surface area contributed by atoms with Gasteiger partial charge in [-0.05, 0) is 0 Å². The highest BCUT2D eigenvalue weighted by atomic mass is 16.5. The van der Waals surface area contributed by atoms with Crippen LogP contribution in [-0.4, -0.2) is 39.9 Å². The van der Waals surface area contributed by atoms with Gasteiger partial charge in [0.25, 0.3) is 0 Å². The van der Waals surface area contributed by atoms with E-state index in [0.29, 0.717) is 30.6 Å². The first-order valence-corrected chi connectivity index (χ1v) is 5.34. The van der Waals surface area contributed by atoms with Gasteiger partial charge in [-0.25, -0.2) is 4.98 Å². The van der Waals surface area contributed by atoms with Crippen molar-refractivity contribution in [3.8, 4) is 11.5 Å². The fraction of sp³-hybridized carbons (Fsp3) is 0.400. The van der Waals surface area contributed by atoms with Crippen molar-refractivity contribution in [1.82, 2.24) is 25.4 Å². The van der Waals surface area contributed by atoms with Gasteiger partial charge in [-0.1, -0.05) is 5.16 Å². The van der Waals surface area contributed by atoms with Gasteiger partial charge < -0.3 is 14.6 Å². The standard InChI is InChI=1S/C10H11N5O2/c1-2-12-7(5-11-1)9-14-10(17-15-9)8-6-16-4-3-13-8/h1-2,5,8,13H,3-4,6H2. The van der Waals surface area contributed by atoms with Crippen molar-refractivity contribution >= 4 is 0 Å². The minimum Gasteiger partial charge on any atom is -0.378 e. The van der Waals surface area contributed by atoms with Gasteiger partial charge in [-0.15, -0.1) is 0 Å². The molecule has 1 atom stereocenters. The van der Waals surface area contributed by atoms with Crippen LogP contribution in [0.15, 0.2) is 23.1 Å². The third-order valence-electron chi connectivity index (χ3n) is 2.45. The lowest BCUT2D eigenvalue weighted by Crippen LogP contribution is -2.34. The van der Waals surface area contributed by atoms with E-state index in [1.54, 1.807) is 18.6 Å². The summed E-state index contributed by atoms with van der Waals surface area (Å²) in [6.45, 7) is 2.04. The highest BCUT2D eigenvalue weighted by Gasteiger charge is 2.22. The van der Waals surface area contributed by atoms with Gasteiger partial charge in [0.1, 0.15) is 11.7 Å². The molecule has 1 aliphatic heterocycles. The highest BCUT2D eigenvalue weighted by Crippen LogP contribution is 2.17. The maximum atomic E-state index is 5.33. The van der Waals surface area contributed by atoms with Crippen LogP contribution in [0.4, 0.5) is 0 Å². The van der Waals surface area contributed by atoms with Gasteiger partial charge in [0.15, 0.2) is 0 Å². The topological polar surface area (TPSA) is 86.0 Å². The fourth-order valence-electron chi connectivity index (χ4n) is 1.62. The summed E-state index contributed by atoms with van der Waals surface area (Å²) in [4.78, 5) is 12.3. The molecule has 0 aliphatic carbocycles. The van der Waals surface area contributed by atoms with Crippen molar-refractivity contribution in [2.75, 3.05) is 19.8 Å². The van der Waals surface area contributed by atoms with Gasteiger partial charge in [0.05, 0.1) is 19.4 Å². The molecule has 3 heterocycles. The summed E-state index contributed by atoms with van der Waals surface area (Å²) < 4.78 is 10.5. The predicted molar refractivity (Wildman–Crippen MR) is 56.9 cm³/mol. The monoisotopic (exact) mass is 233 g/mol. The van der Waals surface area contributed by atoms with Crippen molar-refractivity contribution in [2.45, 2.75) is 6.04 Å². The van der Waals surface area contributed by atoms with Crippen LogP contribution in [0.25, 0.3) is 11.5 Å². The molecule has 0 radical (unpaired) electrons. The van der Waals surface area contributed by atoms with Crippen molar-refractivity contribution in [2.24, 2.45) is 0 Å². The number of aromatic nitrogens is 4. The first-order valence-electron chi connectivity index (χ1n) is 5.34. The molecule has 17 heavy (non-hydrogen) atoms. The van der Waals surface area contributed by atoms with Crippen molar-refractivity contribution in [3.63, 3.8) is 0 Å². The second kappa shape index (κ2) is 4.56. The molecule has 7 nitrogen and oxygen atoms in total. The van der Waals surface area contributed by atoms with Crippen molar-refractivity contribution in [1.29, 1.82) is 0 Å². The molecule has 0 spiro atoms. The average Bonchev–Trinajstić information content (AvgIpc) is 2.90. The fourth-order valence-corrected chi connectivity index (χ4v) is 1.62. The Balaban J connectivity index is 1.83. The molecule has 1 saturated heterocycles. The second-order valence-corrected chi connectivity index (χ2v) is 3.63. The van der Waals surface area contributed by atoms with E-state index < -0.39 is 0 Å². The number of hydrogen-bond donors (Lipinski definition) is 1. The molecule has 2 aromatic heterocycles. The zero-order valence-corrected chi connectivity index (χ0v) is 9.04. The third-order valence-corrected chi connectivity index (χ3v) is 2.45. The molecule has 88 valence electrons.